The van der Waals surface area contributed by atoms with Gasteiger partial charge in [-0.15, -0.1) is 11.4 Å². The zero-order valence-corrected chi connectivity index (χ0v) is 10.1. The molecule has 4 heteroatoms. The van der Waals surface area contributed by atoms with Gasteiger partial charge in [0.15, 0.2) is 0 Å². The van der Waals surface area contributed by atoms with E-state index in [4.69, 9.17) is 22.5 Å². The van der Waals surface area contributed by atoms with Crippen molar-refractivity contribution in [1.29, 1.82) is 0 Å². The summed E-state index contributed by atoms with van der Waals surface area (Å²) in [7, 11) is 0. The fourth-order valence-electron chi connectivity index (χ4n) is 0.839. The van der Waals surface area contributed by atoms with Gasteiger partial charge in [-0.3, -0.25) is 0 Å². The molecule has 0 radical (unpaired) electrons. The summed E-state index contributed by atoms with van der Waals surface area (Å²) in [6, 6.07) is 0. The van der Waals surface area contributed by atoms with Crippen molar-refractivity contribution >= 4 is 39.7 Å². The van der Waals surface area contributed by atoms with Gasteiger partial charge in [-0.1, -0.05) is 55.1 Å². The van der Waals surface area contributed by atoms with E-state index in [0.29, 0.717) is 0 Å². The van der Waals surface area contributed by atoms with E-state index < -0.39 is 5.83 Å². The average molecular weight is 233 g/mol. The van der Waals surface area contributed by atoms with E-state index in [1.54, 1.807) is 11.4 Å². The van der Waals surface area contributed by atoms with E-state index in [1.165, 1.54) is 32.1 Å². The van der Waals surface area contributed by atoms with Gasteiger partial charge < -0.3 is 0 Å². The lowest BCUT2D eigenvalue weighted by Gasteiger charge is -2.00. The van der Waals surface area contributed by atoms with Crippen molar-refractivity contribution in [3.8, 4) is 0 Å². The lowest BCUT2D eigenvalue weighted by molar-refractivity contribution is 0.660. The van der Waals surface area contributed by atoms with Gasteiger partial charge in [-0.05, 0) is 12.2 Å². The molecule has 11 heavy (non-hydrogen) atoms. The average Bonchev–Trinajstić information content (AvgIpc) is 1.96. The van der Waals surface area contributed by atoms with Crippen molar-refractivity contribution in [1.82, 2.24) is 0 Å². The Morgan fingerprint density at radius 3 is 2.27 bits per heavy atom. The fraction of sp³-hybridized carbons (Fsp3) is 1.00. The molecule has 0 spiro atoms. The molecule has 0 amide bonds. The molecule has 0 fully saturated rings. The number of hydrogen-bond donors (Lipinski definition) is 0. The first kappa shape index (κ1) is 12.4. The van der Waals surface area contributed by atoms with Crippen LogP contribution in [0.4, 0.5) is 0 Å². The molecule has 0 aromatic heterocycles. The second-order valence-electron chi connectivity index (χ2n) is 2.45. The molecule has 0 N–H and O–H groups in total. The molecule has 0 bridgehead atoms. The summed E-state index contributed by atoms with van der Waals surface area (Å²) in [5.41, 5.74) is 0. The summed E-state index contributed by atoms with van der Waals surface area (Å²) in [6.07, 6.45) is 6.63. The molecule has 0 rings (SSSR count). The first-order valence-corrected chi connectivity index (χ1v) is 8.76. The molecule has 0 aliphatic heterocycles. The predicted molar refractivity (Wildman–Crippen MR) is 59.8 cm³/mol. The number of hydrogen-bond acceptors (Lipinski definition) is 1. The van der Waals surface area contributed by atoms with Crippen molar-refractivity contribution in [2.45, 2.75) is 39.0 Å². The molecule has 0 atom stereocenters. The molecular weight excluding hydrogens is 218 g/mol. The van der Waals surface area contributed by atoms with E-state index in [1.807, 2.05) is 0 Å². The van der Waals surface area contributed by atoms with E-state index >= 15 is 0 Å². The summed E-state index contributed by atoms with van der Waals surface area (Å²) < 4.78 is 0. The molecule has 0 aliphatic carbocycles. The van der Waals surface area contributed by atoms with Gasteiger partial charge in [-0.2, -0.15) is 0 Å². The minimum Gasteiger partial charge on any atom is -0.102 e. The van der Waals surface area contributed by atoms with Crippen molar-refractivity contribution in [2.24, 2.45) is 0 Å². The smallest absolute Gasteiger partial charge is 0.102 e. The van der Waals surface area contributed by atoms with Gasteiger partial charge in [0, 0.05) is 0 Å². The Morgan fingerprint density at radius 1 is 1.09 bits per heavy atom. The Hall–Kier alpha value is 1.36. The SMILES string of the molecule is CCCCCCCSP(Cl)Cl. The van der Waals surface area contributed by atoms with E-state index in [9.17, 15) is 0 Å². The Kier molecular flexibility index (Phi) is 10.6. The zero-order chi connectivity index (χ0) is 8.53. The van der Waals surface area contributed by atoms with Crippen LogP contribution in [-0.4, -0.2) is 5.75 Å². The van der Waals surface area contributed by atoms with Crippen LogP contribution in [0, 0.1) is 0 Å². The third kappa shape index (κ3) is 11.4. The highest BCUT2D eigenvalue weighted by Gasteiger charge is 1.97. The van der Waals surface area contributed by atoms with Gasteiger partial charge in [0.2, 0.25) is 0 Å². The highest BCUT2D eigenvalue weighted by Crippen LogP contribution is 2.59. The van der Waals surface area contributed by atoms with Crippen LogP contribution in [0.3, 0.4) is 0 Å². The first-order valence-electron chi connectivity index (χ1n) is 4.02. The quantitative estimate of drug-likeness (QED) is 0.419. The van der Waals surface area contributed by atoms with Crippen LogP contribution in [0.2, 0.25) is 0 Å². The maximum absolute atomic E-state index is 5.61. The van der Waals surface area contributed by atoms with Crippen LogP contribution in [0.5, 0.6) is 0 Å². The van der Waals surface area contributed by atoms with Gasteiger partial charge in [0.25, 0.3) is 0 Å². The van der Waals surface area contributed by atoms with Crippen LogP contribution in [0.25, 0.3) is 0 Å². The Bertz CT molecular complexity index is 80.8. The minimum absolute atomic E-state index is 0.764. The van der Waals surface area contributed by atoms with Gasteiger partial charge in [0.05, 0.1) is 0 Å². The van der Waals surface area contributed by atoms with Crippen molar-refractivity contribution < 1.29 is 0 Å². The monoisotopic (exact) mass is 232 g/mol. The second kappa shape index (κ2) is 9.45. The molecule has 0 nitrogen and oxygen atoms in total. The van der Waals surface area contributed by atoms with Gasteiger partial charge in [-0.25, -0.2) is 0 Å². The molecule has 0 heterocycles. The number of rotatable bonds is 7. The Balaban J connectivity index is 2.80. The van der Waals surface area contributed by atoms with Crippen molar-refractivity contribution in [3.63, 3.8) is 0 Å². The lowest BCUT2D eigenvalue weighted by Crippen LogP contribution is -1.78. The summed E-state index contributed by atoms with van der Waals surface area (Å²) in [5, 5.41) is 0. The standard InChI is InChI=1S/C7H15Cl2PS/c1-2-3-4-5-6-7-11-10(8)9/h2-7H2,1H3. The highest BCUT2D eigenvalue weighted by atomic mass is 35.9. The zero-order valence-electron chi connectivity index (χ0n) is 6.85. The summed E-state index contributed by atoms with van der Waals surface area (Å²) >= 11 is 12.9. The van der Waals surface area contributed by atoms with Crippen LogP contribution in [0.1, 0.15) is 39.0 Å². The molecule has 0 aromatic rings. The third-order valence-corrected chi connectivity index (χ3v) is 4.99. The maximum Gasteiger partial charge on any atom is 0.145 e. The van der Waals surface area contributed by atoms with E-state index in [-0.39, 0.29) is 0 Å². The van der Waals surface area contributed by atoms with Crippen LogP contribution in [0.15, 0.2) is 0 Å². The Labute approximate surface area is 84.5 Å². The second-order valence-corrected chi connectivity index (χ2v) is 9.14. The van der Waals surface area contributed by atoms with Gasteiger partial charge >= 0.3 is 0 Å². The van der Waals surface area contributed by atoms with Crippen LogP contribution >= 0.6 is 39.7 Å². The summed E-state index contributed by atoms with van der Waals surface area (Å²) in [4.78, 5) is 0. The topological polar surface area (TPSA) is 0 Å². The van der Waals surface area contributed by atoms with Crippen molar-refractivity contribution in [3.05, 3.63) is 0 Å². The molecule has 0 saturated heterocycles. The largest absolute Gasteiger partial charge is 0.145 e. The predicted octanol–water partition coefficient (Wildman–Crippen LogP) is 5.39. The number of unbranched alkanes of at least 4 members (excludes halogenated alkanes) is 4. The number of halogens is 2. The van der Waals surface area contributed by atoms with Gasteiger partial charge in [0.1, 0.15) is 5.83 Å². The normalized spacial score (nSPS) is 10.9. The van der Waals surface area contributed by atoms with E-state index in [0.717, 1.165) is 5.75 Å². The highest BCUT2D eigenvalue weighted by molar-refractivity contribution is 8.70. The molecule has 0 aromatic carbocycles. The lowest BCUT2D eigenvalue weighted by atomic mass is 10.2. The van der Waals surface area contributed by atoms with Crippen LogP contribution < -0.4 is 0 Å². The molecular formula is C7H15Cl2PS. The third-order valence-electron chi connectivity index (χ3n) is 1.44. The molecule has 0 saturated carbocycles. The Morgan fingerprint density at radius 2 is 1.73 bits per heavy atom. The summed E-state index contributed by atoms with van der Waals surface area (Å²) in [5.74, 6) is 0.364. The molecule has 68 valence electrons. The molecule has 0 aliphatic rings. The van der Waals surface area contributed by atoms with Crippen molar-refractivity contribution in [2.75, 3.05) is 5.75 Å². The summed E-state index contributed by atoms with van der Waals surface area (Å²) in [6.45, 7) is 2.23. The minimum atomic E-state index is -0.764. The maximum atomic E-state index is 5.61. The van der Waals surface area contributed by atoms with E-state index in [2.05, 4.69) is 6.92 Å². The fourth-order valence-corrected chi connectivity index (χ4v) is 3.35. The first-order chi connectivity index (χ1) is 5.27. The van der Waals surface area contributed by atoms with Crippen LogP contribution in [-0.2, 0) is 0 Å². The molecule has 0 unspecified atom stereocenters.